The van der Waals surface area contributed by atoms with E-state index in [1.54, 1.807) is 36.4 Å². The zero-order valence-electron chi connectivity index (χ0n) is 19.0. The molecule has 1 aromatic heterocycles. The van der Waals surface area contributed by atoms with Crippen LogP contribution in [-0.2, 0) is 9.59 Å². The van der Waals surface area contributed by atoms with Gasteiger partial charge < -0.3 is 14.6 Å². The molecular weight excluding hydrogens is 477 g/mol. The number of halogens is 3. The minimum Gasteiger partial charge on any atom is -0.507 e. The van der Waals surface area contributed by atoms with Crippen LogP contribution in [0.4, 0.5) is 18.9 Å². The van der Waals surface area contributed by atoms with Crippen LogP contribution in [0.25, 0.3) is 5.76 Å². The third-order valence-corrected chi connectivity index (χ3v) is 5.37. The van der Waals surface area contributed by atoms with E-state index in [4.69, 9.17) is 4.74 Å². The Labute approximate surface area is 204 Å². The maximum absolute atomic E-state index is 13.2. The number of carbonyl (C=O) groups excluding carboxylic acids is 2. The van der Waals surface area contributed by atoms with Gasteiger partial charge in [0.1, 0.15) is 17.3 Å². The summed E-state index contributed by atoms with van der Waals surface area (Å²) in [5.41, 5.74) is 0.646. The van der Waals surface area contributed by atoms with Gasteiger partial charge in [-0.25, -0.2) is 0 Å². The van der Waals surface area contributed by atoms with Gasteiger partial charge >= 0.3 is 6.36 Å². The molecule has 10 heteroatoms. The van der Waals surface area contributed by atoms with Gasteiger partial charge in [-0.05, 0) is 54.4 Å². The highest BCUT2D eigenvalue weighted by molar-refractivity contribution is 6.51. The van der Waals surface area contributed by atoms with Gasteiger partial charge in [0.15, 0.2) is 0 Å². The van der Waals surface area contributed by atoms with Gasteiger partial charge in [-0.3, -0.25) is 19.5 Å². The molecule has 2 aromatic carbocycles. The zero-order valence-corrected chi connectivity index (χ0v) is 19.0. The van der Waals surface area contributed by atoms with Gasteiger partial charge in [0.05, 0.1) is 18.2 Å². The normalized spacial score (nSPS) is 17.3. The Morgan fingerprint density at radius 1 is 1.06 bits per heavy atom. The molecule has 0 bridgehead atoms. The molecule has 4 rings (SSSR count). The van der Waals surface area contributed by atoms with Gasteiger partial charge in [-0.1, -0.05) is 25.1 Å². The molecule has 2 heterocycles. The number of alkyl halides is 3. The molecule has 1 fully saturated rings. The largest absolute Gasteiger partial charge is 0.573 e. The topological polar surface area (TPSA) is 89.0 Å². The number of ether oxygens (including phenoxy) is 2. The lowest BCUT2D eigenvalue weighted by Crippen LogP contribution is -2.29. The number of aliphatic hydroxyl groups is 1. The summed E-state index contributed by atoms with van der Waals surface area (Å²) in [6, 6.07) is 13.2. The highest BCUT2D eigenvalue weighted by atomic mass is 19.4. The molecule has 0 saturated carbocycles. The summed E-state index contributed by atoms with van der Waals surface area (Å²) in [4.78, 5) is 31.5. The van der Waals surface area contributed by atoms with E-state index in [0.717, 1.165) is 23.5 Å². The molecule has 1 amide bonds. The number of hydrogen-bond donors (Lipinski definition) is 1. The van der Waals surface area contributed by atoms with E-state index in [9.17, 15) is 27.9 Å². The van der Waals surface area contributed by atoms with Crippen molar-refractivity contribution >= 4 is 23.1 Å². The molecule has 1 N–H and O–H groups in total. The van der Waals surface area contributed by atoms with Crippen molar-refractivity contribution in [1.82, 2.24) is 4.98 Å². The fourth-order valence-electron chi connectivity index (χ4n) is 3.87. The standard InChI is InChI=1S/C26H21F3N2O5/c1-2-13-35-20-7-3-5-16(14-20)23(32)21-22(17-6-4-12-30-15-17)31(25(34)24(21)33)18-8-10-19(11-9-18)36-26(27,28)29/h3-12,14-15,22,32H,2,13H2,1H3/b23-21-. The van der Waals surface area contributed by atoms with E-state index in [-0.39, 0.29) is 16.8 Å². The van der Waals surface area contributed by atoms with Crippen LogP contribution >= 0.6 is 0 Å². The minimum atomic E-state index is -4.88. The smallest absolute Gasteiger partial charge is 0.507 e. The highest BCUT2D eigenvalue weighted by Gasteiger charge is 2.47. The van der Waals surface area contributed by atoms with Crippen LogP contribution in [0, 0.1) is 0 Å². The first-order chi connectivity index (χ1) is 17.2. The quantitative estimate of drug-likeness (QED) is 0.267. The first kappa shape index (κ1) is 24.8. The maximum Gasteiger partial charge on any atom is 0.573 e. The Morgan fingerprint density at radius 2 is 1.81 bits per heavy atom. The van der Waals surface area contributed by atoms with Crippen molar-refractivity contribution in [2.24, 2.45) is 0 Å². The van der Waals surface area contributed by atoms with Crippen LogP contribution in [-0.4, -0.2) is 34.8 Å². The molecule has 1 unspecified atom stereocenters. The number of rotatable bonds is 7. The van der Waals surface area contributed by atoms with E-state index in [0.29, 0.717) is 17.9 Å². The van der Waals surface area contributed by atoms with Crippen LogP contribution in [0.3, 0.4) is 0 Å². The highest BCUT2D eigenvalue weighted by Crippen LogP contribution is 2.42. The molecule has 7 nitrogen and oxygen atoms in total. The summed E-state index contributed by atoms with van der Waals surface area (Å²) < 4.78 is 47.2. The average Bonchev–Trinajstić information content (AvgIpc) is 3.13. The molecule has 0 aliphatic carbocycles. The van der Waals surface area contributed by atoms with Gasteiger partial charge in [0.25, 0.3) is 11.7 Å². The van der Waals surface area contributed by atoms with Gasteiger partial charge in [-0.2, -0.15) is 0 Å². The monoisotopic (exact) mass is 498 g/mol. The summed E-state index contributed by atoms with van der Waals surface area (Å²) in [5.74, 6) is -2.31. The molecule has 1 aliphatic heterocycles. The Balaban J connectivity index is 1.80. The Kier molecular flexibility index (Phi) is 6.96. The zero-order chi connectivity index (χ0) is 25.9. The summed E-state index contributed by atoms with van der Waals surface area (Å²) >= 11 is 0. The number of aliphatic hydroxyl groups excluding tert-OH is 1. The van der Waals surface area contributed by atoms with Crippen LogP contribution in [0.2, 0.25) is 0 Å². The molecule has 0 spiro atoms. The van der Waals surface area contributed by atoms with E-state index in [2.05, 4.69) is 9.72 Å². The average molecular weight is 498 g/mol. The number of Topliss-reactive ketones (excluding diaryl/α,β-unsaturated/α-hetero) is 1. The fraction of sp³-hybridized carbons (Fsp3) is 0.192. The lowest BCUT2D eigenvalue weighted by Gasteiger charge is -2.25. The van der Waals surface area contributed by atoms with Crippen LogP contribution in [0.5, 0.6) is 11.5 Å². The van der Waals surface area contributed by atoms with Crippen molar-refractivity contribution in [2.75, 3.05) is 11.5 Å². The van der Waals surface area contributed by atoms with Crippen molar-refractivity contribution in [3.63, 3.8) is 0 Å². The Hall–Kier alpha value is -4.34. The van der Waals surface area contributed by atoms with E-state index in [1.807, 2.05) is 6.92 Å². The lowest BCUT2D eigenvalue weighted by molar-refractivity contribution is -0.274. The van der Waals surface area contributed by atoms with Crippen LogP contribution in [0.1, 0.15) is 30.5 Å². The van der Waals surface area contributed by atoms with Crippen LogP contribution < -0.4 is 14.4 Å². The van der Waals surface area contributed by atoms with Crippen molar-refractivity contribution < 1.29 is 37.3 Å². The van der Waals surface area contributed by atoms with Gasteiger partial charge in [0.2, 0.25) is 0 Å². The second-order valence-corrected chi connectivity index (χ2v) is 7.87. The molecule has 1 saturated heterocycles. The maximum atomic E-state index is 13.2. The molecule has 186 valence electrons. The number of hydrogen-bond acceptors (Lipinski definition) is 6. The minimum absolute atomic E-state index is 0.138. The van der Waals surface area contributed by atoms with Crippen LogP contribution in [0.15, 0.2) is 78.6 Å². The molecule has 0 radical (unpaired) electrons. The molecular formula is C26H21F3N2O5. The van der Waals surface area contributed by atoms with Crippen molar-refractivity contribution in [1.29, 1.82) is 0 Å². The summed E-state index contributed by atoms with van der Waals surface area (Å²) in [6.45, 7) is 2.40. The van der Waals surface area contributed by atoms with Crippen molar-refractivity contribution in [2.45, 2.75) is 25.7 Å². The second kappa shape index (κ2) is 10.1. The number of benzene rings is 2. The predicted molar refractivity (Wildman–Crippen MR) is 124 cm³/mol. The number of anilines is 1. The summed E-state index contributed by atoms with van der Waals surface area (Å²) in [6.07, 6.45) is -1.16. The van der Waals surface area contributed by atoms with E-state index >= 15 is 0 Å². The number of amides is 1. The SMILES string of the molecule is CCCOc1cccc(/C(O)=C2/C(=O)C(=O)N(c3ccc(OC(F)(F)F)cc3)C2c2cccnc2)c1. The fourth-order valence-corrected chi connectivity index (χ4v) is 3.87. The third-order valence-electron chi connectivity index (χ3n) is 5.37. The number of ketones is 1. The van der Waals surface area contributed by atoms with E-state index < -0.39 is 35.6 Å². The van der Waals surface area contributed by atoms with Crippen molar-refractivity contribution in [3.05, 3.63) is 89.8 Å². The molecule has 1 atom stereocenters. The lowest BCUT2D eigenvalue weighted by atomic mass is 9.96. The molecule has 36 heavy (non-hydrogen) atoms. The Bertz CT molecular complexity index is 1290. The Morgan fingerprint density at radius 3 is 2.44 bits per heavy atom. The summed E-state index contributed by atoms with van der Waals surface area (Å²) in [7, 11) is 0. The molecule has 3 aromatic rings. The predicted octanol–water partition coefficient (Wildman–Crippen LogP) is 5.40. The van der Waals surface area contributed by atoms with E-state index in [1.165, 1.54) is 24.5 Å². The van der Waals surface area contributed by atoms with Gasteiger partial charge in [0, 0.05) is 23.6 Å². The first-order valence-corrected chi connectivity index (χ1v) is 11.0. The third kappa shape index (κ3) is 5.17. The summed E-state index contributed by atoms with van der Waals surface area (Å²) in [5, 5.41) is 11.2. The number of aromatic nitrogens is 1. The first-order valence-electron chi connectivity index (χ1n) is 11.0. The molecule has 1 aliphatic rings. The number of pyridine rings is 1. The second-order valence-electron chi connectivity index (χ2n) is 7.87. The van der Waals surface area contributed by atoms with Gasteiger partial charge in [-0.15, -0.1) is 13.2 Å². The number of carbonyl (C=O) groups is 2. The number of nitrogens with zero attached hydrogens (tertiary/aromatic N) is 2. The van der Waals surface area contributed by atoms with Crippen molar-refractivity contribution in [3.8, 4) is 11.5 Å².